The largest absolute Gasteiger partial charge is 0.350 e. The quantitative estimate of drug-likeness (QED) is 0.479. The highest BCUT2D eigenvalue weighted by atomic mass is 32.1. The van der Waals surface area contributed by atoms with Crippen LogP contribution in [0.15, 0.2) is 58.8 Å². The zero-order valence-corrected chi connectivity index (χ0v) is 17.4. The third-order valence-electron chi connectivity index (χ3n) is 4.57. The predicted octanol–water partition coefficient (Wildman–Crippen LogP) is 2.93. The molecule has 4 aromatic rings. The summed E-state index contributed by atoms with van der Waals surface area (Å²) < 4.78 is 2.91. The molecule has 0 aliphatic rings. The molecule has 0 saturated carbocycles. The zero-order valence-electron chi connectivity index (χ0n) is 16.5. The number of aromatic nitrogens is 4. The van der Waals surface area contributed by atoms with Crippen LogP contribution in [0.25, 0.3) is 5.65 Å². The molecule has 0 saturated heterocycles. The first-order valence-corrected chi connectivity index (χ1v) is 10.6. The predicted molar refractivity (Wildman–Crippen MR) is 117 cm³/mol. The maximum Gasteiger partial charge on any atom is 0.350 e. The van der Waals surface area contributed by atoms with Crippen molar-refractivity contribution in [2.45, 2.75) is 26.3 Å². The van der Waals surface area contributed by atoms with Crippen molar-refractivity contribution in [1.29, 1.82) is 0 Å². The minimum atomic E-state index is -0.275. The number of aryl methyl sites for hydroxylation is 1. The maximum atomic E-state index is 12.4. The first-order chi connectivity index (χ1) is 14.6. The van der Waals surface area contributed by atoms with Crippen molar-refractivity contribution in [3.8, 4) is 0 Å². The number of benzene rings is 1. The zero-order chi connectivity index (χ0) is 20.9. The lowest BCUT2D eigenvalue weighted by Crippen LogP contribution is -2.30. The molecule has 0 aliphatic heterocycles. The molecule has 3 heterocycles. The Bertz CT molecular complexity index is 1230. The summed E-state index contributed by atoms with van der Waals surface area (Å²) in [6, 6.07) is 12.5. The third kappa shape index (κ3) is 4.57. The maximum absolute atomic E-state index is 12.4. The van der Waals surface area contributed by atoms with E-state index in [0.29, 0.717) is 30.8 Å². The van der Waals surface area contributed by atoms with E-state index in [1.165, 1.54) is 9.08 Å². The number of nitrogens with one attached hydrogen (secondary N) is 2. The average molecular weight is 423 g/mol. The van der Waals surface area contributed by atoms with Gasteiger partial charge in [0.25, 0.3) is 0 Å². The second-order valence-electron chi connectivity index (χ2n) is 6.79. The number of rotatable bonds is 7. The van der Waals surface area contributed by atoms with Gasteiger partial charge in [0.15, 0.2) is 5.65 Å². The number of nitrogens with zero attached hydrogens (tertiary/aromatic N) is 4. The van der Waals surface area contributed by atoms with E-state index in [1.807, 2.05) is 35.7 Å². The van der Waals surface area contributed by atoms with Crippen LogP contribution in [0.1, 0.15) is 23.2 Å². The van der Waals surface area contributed by atoms with E-state index in [2.05, 4.69) is 27.6 Å². The Kier molecular flexibility index (Phi) is 5.89. The Morgan fingerprint density at radius 3 is 2.90 bits per heavy atom. The average Bonchev–Trinajstić information content (AvgIpc) is 3.33. The van der Waals surface area contributed by atoms with E-state index in [9.17, 15) is 9.59 Å². The molecule has 154 valence electrons. The van der Waals surface area contributed by atoms with Crippen LogP contribution in [0, 0.1) is 0 Å². The molecule has 9 heteroatoms. The van der Waals surface area contributed by atoms with Crippen molar-refractivity contribution in [2.24, 2.45) is 0 Å². The van der Waals surface area contributed by atoms with Crippen molar-refractivity contribution >= 4 is 28.7 Å². The van der Waals surface area contributed by atoms with Gasteiger partial charge in [-0.3, -0.25) is 4.40 Å². The lowest BCUT2D eigenvalue weighted by Gasteiger charge is -2.08. The number of hydrogen-bond acceptors (Lipinski definition) is 5. The molecule has 0 radical (unpaired) electrons. The number of urea groups is 1. The van der Waals surface area contributed by atoms with Gasteiger partial charge in [0.2, 0.25) is 0 Å². The number of amides is 2. The highest BCUT2D eigenvalue weighted by Gasteiger charge is 2.08. The lowest BCUT2D eigenvalue weighted by atomic mass is 10.2. The molecule has 30 heavy (non-hydrogen) atoms. The van der Waals surface area contributed by atoms with E-state index < -0.39 is 0 Å². The Morgan fingerprint density at radius 1 is 1.20 bits per heavy atom. The van der Waals surface area contributed by atoms with Crippen LogP contribution >= 0.6 is 11.3 Å². The fraction of sp³-hybridized carbons (Fsp3) is 0.238. The van der Waals surface area contributed by atoms with Gasteiger partial charge in [0.05, 0.1) is 17.2 Å². The van der Waals surface area contributed by atoms with Gasteiger partial charge in [0.1, 0.15) is 0 Å². The first kappa shape index (κ1) is 19.8. The van der Waals surface area contributed by atoms with Crippen molar-refractivity contribution in [3.63, 3.8) is 0 Å². The van der Waals surface area contributed by atoms with Crippen molar-refractivity contribution in [2.75, 3.05) is 11.9 Å². The molecule has 0 spiro atoms. The SMILES string of the molecule is CCc1nc(CCNC(=O)Nc2cccc(Cn3nc4ccccn4c3=O)c2)cs1. The van der Waals surface area contributed by atoms with E-state index in [4.69, 9.17) is 0 Å². The fourth-order valence-electron chi connectivity index (χ4n) is 3.10. The molecule has 0 bridgehead atoms. The molecule has 1 aromatic carbocycles. The van der Waals surface area contributed by atoms with Gasteiger partial charge in [0, 0.05) is 30.2 Å². The van der Waals surface area contributed by atoms with Crippen molar-refractivity contribution < 1.29 is 4.79 Å². The van der Waals surface area contributed by atoms with Gasteiger partial charge in [-0.2, -0.15) is 0 Å². The Labute approximate surface area is 177 Å². The van der Waals surface area contributed by atoms with Gasteiger partial charge >= 0.3 is 11.7 Å². The molecule has 0 aliphatic carbocycles. The second kappa shape index (κ2) is 8.91. The molecule has 0 atom stereocenters. The summed E-state index contributed by atoms with van der Waals surface area (Å²) >= 11 is 1.65. The number of anilines is 1. The summed E-state index contributed by atoms with van der Waals surface area (Å²) in [7, 11) is 0. The minimum absolute atomic E-state index is 0.199. The molecule has 2 N–H and O–H groups in total. The monoisotopic (exact) mass is 422 g/mol. The summed E-state index contributed by atoms with van der Waals surface area (Å²) in [6.07, 6.45) is 3.31. The van der Waals surface area contributed by atoms with Gasteiger partial charge < -0.3 is 10.6 Å². The molecule has 3 aromatic heterocycles. The van der Waals surface area contributed by atoms with Crippen LogP contribution in [0.3, 0.4) is 0 Å². The van der Waals surface area contributed by atoms with Crippen LogP contribution in [0.5, 0.6) is 0 Å². The van der Waals surface area contributed by atoms with Gasteiger partial charge in [-0.05, 0) is 36.2 Å². The molecule has 0 fully saturated rings. The number of hydrogen-bond donors (Lipinski definition) is 2. The Morgan fingerprint density at radius 2 is 2.10 bits per heavy atom. The van der Waals surface area contributed by atoms with E-state index in [-0.39, 0.29) is 11.7 Å². The van der Waals surface area contributed by atoms with Crippen LogP contribution in [-0.2, 0) is 19.4 Å². The van der Waals surface area contributed by atoms with Gasteiger partial charge in [-0.25, -0.2) is 19.3 Å². The number of pyridine rings is 1. The highest BCUT2D eigenvalue weighted by Crippen LogP contribution is 2.12. The number of carbonyl (C=O) groups is 1. The number of carbonyl (C=O) groups excluding carboxylic acids is 1. The number of fused-ring (bicyclic) bond motifs is 1. The Hall–Kier alpha value is -3.46. The molecule has 2 amide bonds. The summed E-state index contributed by atoms with van der Waals surface area (Å²) in [5.41, 5.74) is 2.92. The molecular formula is C21H22N6O2S. The van der Waals surface area contributed by atoms with Crippen LogP contribution in [-0.4, -0.2) is 31.7 Å². The van der Waals surface area contributed by atoms with Gasteiger partial charge in [-0.1, -0.05) is 25.1 Å². The fourth-order valence-corrected chi connectivity index (χ4v) is 3.88. The van der Waals surface area contributed by atoms with E-state index >= 15 is 0 Å². The topological polar surface area (TPSA) is 93.3 Å². The summed E-state index contributed by atoms with van der Waals surface area (Å²) in [6.45, 7) is 2.91. The highest BCUT2D eigenvalue weighted by molar-refractivity contribution is 7.09. The molecule has 0 unspecified atom stereocenters. The number of thiazole rings is 1. The lowest BCUT2D eigenvalue weighted by molar-refractivity contribution is 0.252. The van der Waals surface area contributed by atoms with Crippen LogP contribution in [0.2, 0.25) is 0 Å². The second-order valence-corrected chi connectivity index (χ2v) is 7.73. The van der Waals surface area contributed by atoms with Crippen molar-refractivity contribution in [3.05, 3.63) is 80.8 Å². The molecular weight excluding hydrogens is 400 g/mol. The summed E-state index contributed by atoms with van der Waals surface area (Å²) in [4.78, 5) is 29.1. The third-order valence-corrected chi connectivity index (χ3v) is 5.62. The van der Waals surface area contributed by atoms with Gasteiger partial charge in [-0.15, -0.1) is 16.4 Å². The van der Waals surface area contributed by atoms with Crippen LogP contribution in [0.4, 0.5) is 10.5 Å². The van der Waals surface area contributed by atoms with E-state index in [0.717, 1.165) is 22.7 Å². The summed E-state index contributed by atoms with van der Waals surface area (Å²) in [5.74, 6) is 0. The van der Waals surface area contributed by atoms with E-state index in [1.54, 1.807) is 29.7 Å². The van der Waals surface area contributed by atoms with Crippen molar-refractivity contribution in [1.82, 2.24) is 24.5 Å². The smallest absolute Gasteiger partial charge is 0.337 e. The van der Waals surface area contributed by atoms with Crippen LogP contribution < -0.4 is 16.3 Å². The Balaban J connectivity index is 1.35. The first-order valence-electron chi connectivity index (χ1n) is 9.73. The normalized spacial score (nSPS) is 11.0. The standard InChI is InChI=1S/C21H22N6O2S/c1-2-19-23-17(14-30-19)9-10-22-20(28)24-16-7-5-6-15(12-16)13-27-21(29)26-11-4-3-8-18(26)25-27/h3-8,11-12,14H,2,9-10,13H2,1H3,(H2,22,24,28). The summed E-state index contributed by atoms with van der Waals surface area (Å²) in [5, 5.41) is 13.2. The minimum Gasteiger partial charge on any atom is -0.337 e. The molecule has 4 rings (SSSR count). The molecule has 8 nitrogen and oxygen atoms in total.